The van der Waals surface area contributed by atoms with Crippen molar-refractivity contribution in [3.63, 3.8) is 0 Å². The van der Waals surface area contributed by atoms with Gasteiger partial charge in [0.15, 0.2) is 6.61 Å². The van der Waals surface area contributed by atoms with Gasteiger partial charge in [0.05, 0.1) is 11.4 Å². The number of anilines is 2. The van der Waals surface area contributed by atoms with E-state index in [4.69, 9.17) is 16.3 Å². The van der Waals surface area contributed by atoms with Crippen molar-refractivity contribution in [3.05, 3.63) is 53.6 Å². The lowest BCUT2D eigenvalue weighted by Crippen LogP contribution is -2.44. The summed E-state index contributed by atoms with van der Waals surface area (Å²) < 4.78 is 5.16. The summed E-state index contributed by atoms with van der Waals surface area (Å²) >= 11 is 7.16. The molecule has 2 amide bonds. The average Bonchev–Trinajstić information content (AvgIpc) is 2.66. The molecule has 0 spiro atoms. The van der Waals surface area contributed by atoms with Gasteiger partial charge in [0.1, 0.15) is 11.8 Å². The molecule has 0 radical (unpaired) electrons. The molecule has 0 bridgehead atoms. The van der Waals surface area contributed by atoms with Crippen LogP contribution in [0.1, 0.15) is 6.92 Å². The van der Waals surface area contributed by atoms with Crippen LogP contribution >= 0.6 is 23.4 Å². The number of benzene rings is 2. The first-order valence-corrected chi connectivity index (χ1v) is 9.48. The van der Waals surface area contributed by atoms with Crippen LogP contribution < -0.4 is 10.2 Å². The number of rotatable bonds is 5. The van der Waals surface area contributed by atoms with Gasteiger partial charge in [-0.15, -0.1) is 11.8 Å². The Kier molecular flexibility index (Phi) is 6.03. The molecule has 3 rings (SSSR count). The Morgan fingerprint density at radius 3 is 2.67 bits per heavy atom. The second kappa shape index (κ2) is 8.45. The van der Waals surface area contributed by atoms with E-state index in [2.05, 4.69) is 5.32 Å². The Labute approximate surface area is 165 Å². The first-order valence-electron chi connectivity index (χ1n) is 8.22. The summed E-state index contributed by atoms with van der Waals surface area (Å²) in [6, 6.07) is 14.1. The van der Waals surface area contributed by atoms with Crippen LogP contribution in [-0.2, 0) is 19.1 Å². The lowest BCUT2D eigenvalue weighted by Gasteiger charge is -2.29. The third kappa shape index (κ3) is 4.81. The van der Waals surface area contributed by atoms with E-state index < -0.39 is 23.7 Å². The first-order chi connectivity index (χ1) is 12.9. The van der Waals surface area contributed by atoms with Crippen LogP contribution in [-0.4, -0.2) is 36.2 Å². The molecule has 6 nitrogen and oxygen atoms in total. The Morgan fingerprint density at radius 1 is 1.22 bits per heavy atom. The van der Waals surface area contributed by atoms with E-state index in [1.807, 2.05) is 12.1 Å². The predicted molar refractivity (Wildman–Crippen MR) is 105 cm³/mol. The molecular formula is C19H17ClN2O4S. The van der Waals surface area contributed by atoms with Gasteiger partial charge in [0.25, 0.3) is 5.91 Å². The number of nitrogens with zero attached hydrogens (tertiary/aromatic N) is 1. The predicted octanol–water partition coefficient (Wildman–Crippen LogP) is 3.35. The summed E-state index contributed by atoms with van der Waals surface area (Å²) in [5.41, 5.74) is 1.14. The minimum atomic E-state index is -0.502. The molecule has 2 aromatic rings. The summed E-state index contributed by atoms with van der Waals surface area (Å²) in [7, 11) is 0. The SMILES string of the molecule is C[C@H](Sc1ccc(Cl)cc1)C(=O)OCC(=O)N1CC(=O)Nc2ccccc21. The fourth-order valence-electron chi connectivity index (χ4n) is 2.55. The Balaban J connectivity index is 1.58. The Morgan fingerprint density at radius 2 is 1.93 bits per heavy atom. The van der Waals surface area contributed by atoms with Gasteiger partial charge in [0.2, 0.25) is 5.91 Å². The average molecular weight is 405 g/mol. The zero-order valence-electron chi connectivity index (χ0n) is 14.5. The number of thioether (sulfide) groups is 1. The third-order valence-electron chi connectivity index (χ3n) is 3.87. The molecule has 140 valence electrons. The second-order valence-corrected chi connectivity index (χ2v) is 7.72. The van der Waals surface area contributed by atoms with Crippen LogP contribution in [0.3, 0.4) is 0 Å². The van der Waals surface area contributed by atoms with Crippen molar-refractivity contribution in [1.82, 2.24) is 0 Å². The zero-order valence-corrected chi connectivity index (χ0v) is 16.0. The highest BCUT2D eigenvalue weighted by atomic mass is 35.5. The van der Waals surface area contributed by atoms with Gasteiger partial charge in [-0.3, -0.25) is 19.3 Å². The van der Waals surface area contributed by atoms with Gasteiger partial charge >= 0.3 is 5.97 Å². The monoisotopic (exact) mass is 404 g/mol. The quantitative estimate of drug-likeness (QED) is 0.611. The van der Waals surface area contributed by atoms with E-state index in [0.717, 1.165) is 4.90 Å². The van der Waals surface area contributed by atoms with E-state index in [1.165, 1.54) is 16.7 Å². The van der Waals surface area contributed by atoms with Crippen LogP contribution in [0, 0.1) is 0 Å². The topological polar surface area (TPSA) is 75.7 Å². The van der Waals surface area contributed by atoms with Crippen molar-refractivity contribution in [2.75, 3.05) is 23.4 Å². The molecule has 1 atom stereocenters. The fourth-order valence-corrected chi connectivity index (χ4v) is 3.54. The van der Waals surface area contributed by atoms with Crippen molar-refractivity contribution in [3.8, 4) is 0 Å². The maximum absolute atomic E-state index is 12.5. The van der Waals surface area contributed by atoms with Crippen molar-refractivity contribution in [2.24, 2.45) is 0 Å². The molecule has 27 heavy (non-hydrogen) atoms. The Bertz CT molecular complexity index is 872. The number of halogens is 1. The lowest BCUT2D eigenvalue weighted by molar-refractivity contribution is -0.147. The summed E-state index contributed by atoms with van der Waals surface area (Å²) in [6.45, 7) is 1.17. The van der Waals surface area contributed by atoms with Crippen molar-refractivity contribution >= 4 is 52.5 Å². The van der Waals surface area contributed by atoms with E-state index in [1.54, 1.807) is 43.3 Å². The summed E-state index contributed by atoms with van der Waals surface area (Å²) in [6.07, 6.45) is 0. The molecule has 0 fully saturated rings. The number of hydrogen-bond donors (Lipinski definition) is 1. The second-order valence-electron chi connectivity index (χ2n) is 5.87. The molecule has 0 aliphatic carbocycles. The number of nitrogens with one attached hydrogen (secondary N) is 1. The minimum Gasteiger partial charge on any atom is -0.455 e. The molecule has 8 heteroatoms. The van der Waals surface area contributed by atoms with E-state index in [0.29, 0.717) is 16.4 Å². The highest BCUT2D eigenvalue weighted by Gasteiger charge is 2.27. The number of hydrogen-bond acceptors (Lipinski definition) is 5. The van der Waals surface area contributed by atoms with E-state index in [-0.39, 0.29) is 12.5 Å². The van der Waals surface area contributed by atoms with E-state index >= 15 is 0 Å². The number of amides is 2. The normalized spacial score (nSPS) is 14.1. The van der Waals surface area contributed by atoms with Crippen LogP contribution in [0.4, 0.5) is 11.4 Å². The largest absolute Gasteiger partial charge is 0.455 e. The molecule has 0 aromatic heterocycles. The van der Waals surface area contributed by atoms with Crippen LogP contribution in [0.2, 0.25) is 5.02 Å². The van der Waals surface area contributed by atoms with Crippen LogP contribution in [0.25, 0.3) is 0 Å². The maximum atomic E-state index is 12.5. The third-order valence-corrected chi connectivity index (χ3v) is 5.21. The highest BCUT2D eigenvalue weighted by molar-refractivity contribution is 8.00. The van der Waals surface area contributed by atoms with Gasteiger partial charge < -0.3 is 10.1 Å². The van der Waals surface area contributed by atoms with Gasteiger partial charge in [-0.1, -0.05) is 23.7 Å². The van der Waals surface area contributed by atoms with Gasteiger partial charge in [0, 0.05) is 9.92 Å². The molecule has 2 aromatic carbocycles. The molecule has 0 saturated heterocycles. The van der Waals surface area contributed by atoms with Gasteiger partial charge in [-0.05, 0) is 43.3 Å². The minimum absolute atomic E-state index is 0.109. The fraction of sp³-hybridized carbons (Fsp3) is 0.211. The molecular weight excluding hydrogens is 388 g/mol. The molecule has 1 aliphatic heterocycles. The smallest absolute Gasteiger partial charge is 0.319 e. The maximum Gasteiger partial charge on any atom is 0.319 e. The number of esters is 1. The van der Waals surface area contributed by atoms with Gasteiger partial charge in [-0.25, -0.2) is 0 Å². The Hall–Kier alpha value is -2.51. The summed E-state index contributed by atoms with van der Waals surface area (Å²) in [5, 5.41) is 2.83. The molecule has 0 saturated carbocycles. The van der Waals surface area contributed by atoms with Gasteiger partial charge in [-0.2, -0.15) is 0 Å². The van der Waals surface area contributed by atoms with Crippen LogP contribution in [0.5, 0.6) is 0 Å². The number of para-hydroxylation sites is 2. The standard InChI is InChI=1S/C19H17ClN2O4S/c1-12(27-14-8-6-13(20)7-9-14)19(25)26-11-18(24)22-10-17(23)21-15-4-2-3-5-16(15)22/h2-9,12H,10-11H2,1H3,(H,21,23)/t12-/m0/s1. The molecule has 1 aliphatic rings. The molecule has 1 heterocycles. The summed E-state index contributed by atoms with van der Waals surface area (Å²) in [5.74, 6) is -1.24. The summed E-state index contributed by atoms with van der Waals surface area (Å²) in [4.78, 5) is 38.6. The molecule has 0 unspecified atom stereocenters. The van der Waals surface area contributed by atoms with Crippen molar-refractivity contribution in [1.29, 1.82) is 0 Å². The number of ether oxygens (including phenoxy) is 1. The lowest BCUT2D eigenvalue weighted by atomic mass is 10.2. The molecule has 1 N–H and O–H groups in total. The number of fused-ring (bicyclic) bond motifs is 1. The van der Waals surface area contributed by atoms with Crippen molar-refractivity contribution in [2.45, 2.75) is 17.1 Å². The van der Waals surface area contributed by atoms with E-state index in [9.17, 15) is 14.4 Å². The number of carbonyl (C=O) groups excluding carboxylic acids is 3. The first kappa shape index (κ1) is 19.3. The highest BCUT2D eigenvalue weighted by Crippen LogP contribution is 2.29. The zero-order chi connectivity index (χ0) is 19.4. The van der Waals surface area contributed by atoms with Crippen molar-refractivity contribution < 1.29 is 19.1 Å². The number of carbonyl (C=O) groups is 3. The van der Waals surface area contributed by atoms with Crippen LogP contribution in [0.15, 0.2) is 53.4 Å².